The highest BCUT2D eigenvalue weighted by atomic mass is 32.1. The standard InChI is InChI=1S/C24H31NO5S/c1-7-29-24(27)19-17-12-18(13(2)3)30-20(14(4)5)21(17)31-23(19)25-22(26)15-8-10-16(28-6)11-9-15/h8-11,13-14,18,20H,7,12H2,1-6H3,(H,25,26)/t18-,20+/m0/s1. The van der Waals surface area contributed by atoms with E-state index in [-0.39, 0.29) is 30.6 Å². The molecule has 3 rings (SSSR count). The van der Waals surface area contributed by atoms with Gasteiger partial charge in [-0.25, -0.2) is 4.79 Å². The summed E-state index contributed by atoms with van der Waals surface area (Å²) in [5.74, 6) is 0.527. The zero-order chi connectivity index (χ0) is 22.7. The van der Waals surface area contributed by atoms with Crippen molar-refractivity contribution in [2.45, 2.75) is 53.2 Å². The summed E-state index contributed by atoms with van der Waals surface area (Å²) >= 11 is 1.41. The summed E-state index contributed by atoms with van der Waals surface area (Å²) in [6, 6.07) is 6.86. The number of rotatable bonds is 7. The fourth-order valence-electron chi connectivity index (χ4n) is 3.69. The minimum atomic E-state index is -0.406. The highest BCUT2D eigenvalue weighted by Crippen LogP contribution is 2.46. The number of nitrogens with one attached hydrogen (secondary N) is 1. The van der Waals surface area contributed by atoms with Crippen LogP contribution in [0.1, 0.15) is 71.9 Å². The fraction of sp³-hybridized carbons (Fsp3) is 0.500. The molecule has 0 fully saturated rings. The predicted molar refractivity (Wildman–Crippen MR) is 122 cm³/mol. The van der Waals surface area contributed by atoms with Crippen molar-refractivity contribution in [1.82, 2.24) is 0 Å². The lowest BCUT2D eigenvalue weighted by Gasteiger charge is -2.34. The van der Waals surface area contributed by atoms with Crippen molar-refractivity contribution >= 4 is 28.2 Å². The van der Waals surface area contributed by atoms with Crippen LogP contribution in [-0.4, -0.2) is 31.7 Å². The number of thiophene rings is 1. The van der Waals surface area contributed by atoms with E-state index in [4.69, 9.17) is 14.2 Å². The monoisotopic (exact) mass is 445 g/mol. The van der Waals surface area contributed by atoms with E-state index in [1.54, 1.807) is 38.3 Å². The maximum absolute atomic E-state index is 12.9. The first-order valence-corrected chi connectivity index (χ1v) is 11.5. The summed E-state index contributed by atoms with van der Waals surface area (Å²) in [6.45, 7) is 10.5. The number of benzene rings is 1. The van der Waals surface area contributed by atoms with Crippen molar-refractivity contribution in [2.24, 2.45) is 11.8 Å². The van der Waals surface area contributed by atoms with Gasteiger partial charge in [-0.2, -0.15) is 0 Å². The van der Waals surface area contributed by atoms with E-state index in [1.807, 2.05) is 0 Å². The van der Waals surface area contributed by atoms with E-state index in [0.717, 1.165) is 10.4 Å². The largest absolute Gasteiger partial charge is 0.497 e. The van der Waals surface area contributed by atoms with Crippen LogP contribution in [0.25, 0.3) is 0 Å². The van der Waals surface area contributed by atoms with E-state index in [9.17, 15) is 9.59 Å². The number of fused-ring (bicyclic) bond motifs is 1. The molecule has 31 heavy (non-hydrogen) atoms. The highest BCUT2D eigenvalue weighted by Gasteiger charge is 2.38. The molecule has 1 N–H and O–H groups in total. The van der Waals surface area contributed by atoms with Crippen LogP contribution in [-0.2, 0) is 15.9 Å². The van der Waals surface area contributed by atoms with Crippen LogP contribution in [0.5, 0.6) is 5.75 Å². The van der Waals surface area contributed by atoms with Gasteiger partial charge in [-0.1, -0.05) is 27.7 Å². The van der Waals surface area contributed by atoms with Crippen LogP contribution in [0, 0.1) is 11.8 Å². The Morgan fingerprint density at radius 2 is 1.84 bits per heavy atom. The number of carbonyl (C=O) groups excluding carboxylic acids is 2. The van der Waals surface area contributed by atoms with Crippen LogP contribution in [0.4, 0.5) is 5.00 Å². The molecule has 1 aliphatic rings. The third kappa shape index (κ3) is 4.93. The lowest BCUT2D eigenvalue weighted by Crippen LogP contribution is -2.32. The molecule has 0 spiro atoms. The van der Waals surface area contributed by atoms with Crippen molar-refractivity contribution in [2.75, 3.05) is 19.0 Å². The van der Waals surface area contributed by atoms with E-state index >= 15 is 0 Å². The van der Waals surface area contributed by atoms with E-state index in [1.165, 1.54) is 11.3 Å². The summed E-state index contributed by atoms with van der Waals surface area (Å²) in [5, 5.41) is 3.46. The number of ether oxygens (including phenoxy) is 3. The lowest BCUT2D eigenvalue weighted by atomic mass is 9.89. The Kier molecular flexibility index (Phi) is 7.38. The molecule has 168 valence electrons. The SMILES string of the molecule is CCOC(=O)c1c(NC(=O)c2ccc(OC)cc2)sc2c1C[C@@H](C(C)C)O[C@@H]2C(C)C. The lowest BCUT2D eigenvalue weighted by molar-refractivity contribution is -0.0671. The smallest absolute Gasteiger partial charge is 0.341 e. The second kappa shape index (κ2) is 9.83. The second-order valence-electron chi connectivity index (χ2n) is 8.34. The average Bonchev–Trinajstić information content (AvgIpc) is 3.10. The first-order chi connectivity index (χ1) is 14.8. The van der Waals surface area contributed by atoms with Crippen LogP contribution < -0.4 is 10.1 Å². The number of methoxy groups -OCH3 is 1. The van der Waals surface area contributed by atoms with Crippen LogP contribution in [0.15, 0.2) is 24.3 Å². The van der Waals surface area contributed by atoms with Gasteiger partial charge >= 0.3 is 5.97 Å². The molecule has 0 aliphatic carbocycles. The Bertz CT molecular complexity index is 932. The molecule has 0 saturated carbocycles. The molecular formula is C24H31NO5S. The van der Waals surface area contributed by atoms with E-state index < -0.39 is 5.97 Å². The van der Waals surface area contributed by atoms with Gasteiger partial charge in [-0.3, -0.25) is 4.79 Å². The molecule has 2 aromatic rings. The molecule has 0 bridgehead atoms. The molecule has 1 aromatic heterocycles. The first-order valence-electron chi connectivity index (χ1n) is 10.7. The summed E-state index contributed by atoms with van der Waals surface area (Å²) in [6.07, 6.45) is 0.507. The van der Waals surface area contributed by atoms with Crippen molar-refractivity contribution in [3.63, 3.8) is 0 Å². The van der Waals surface area contributed by atoms with Crippen LogP contribution in [0.2, 0.25) is 0 Å². The quantitative estimate of drug-likeness (QED) is 0.571. The van der Waals surface area contributed by atoms with E-state index in [2.05, 4.69) is 33.0 Å². The molecule has 1 aromatic carbocycles. The zero-order valence-corrected chi connectivity index (χ0v) is 19.8. The van der Waals surface area contributed by atoms with Gasteiger partial charge in [-0.05, 0) is 48.6 Å². The van der Waals surface area contributed by atoms with Gasteiger partial charge in [0.05, 0.1) is 31.5 Å². The number of hydrogen-bond donors (Lipinski definition) is 1. The number of anilines is 1. The Morgan fingerprint density at radius 1 is 1.16 bits per heavy atom. The molecule has 1 aliphatic heterocycles. The fourth-order valence-corrected chi connectivity index (χ4v) is 5.12. The number of esters is 1. The number of amides is 1. The van der Waals surface area contributed by atoms with Gasteiger partial charge in [0, 0.05) is 16.9 Å². The Labute approximate surface area is 187 Å². The van der Waals surface area contributed by atoms with Gasteiger partial charge in [0.2, 0.25) is 0 Å². The van der Waals surface area contributed by atoms with Gasteiger partial charge in [-0.15, -0.1) is 11.3 Å². The minimum absolute atomic E-state index is 0.00724. The Hall–Kier alpha value is -2.38. The maximum Gasteiger partial charge on any atom is 0.341 e. The van der Waals surface area contributed by atoms with Crippen molar-refractivity contribution in [3.8, 4) is 5.75 Å². The van der Waals surface area contributed by atoms with Crippen LogP contribution in [0.3, 0.4) is 0 Å². The topological polar surface area (TPSA) is 73.9 Å². The predicted octanol–water partition coefficient (Wildman–Crippen LogP) is 5.48. The van der Waals surface area contributed by atoms with Crippen molar-refractivity contribution < 1.29 is 23.8 Å². The second-order valence-corrected chi connectivity index (χ2v) is 9.39. The molecule has 2 atom stereocenters. The van der Waals surface area contributed by atoms with Crippen LogP contribution >= 0.6 is 11.3 Å². The normalized spacial score (nSPS) is 18.1. The molecule has 0 unspecified atom stereocenters. The Morgan fingerprint density at radius 3 is 2.39 bits per heavy atom. The zero-order valence-electron chi connectivity index (χ0n) is 19.0. The molecule has 0 radical (unpaired) electrons. The average molecular weight is 446 g/mol. The maximum atomic E-state index is 12.9. The third-order valence-electron chi connectivity index (χ3n) is 5.43. The molecule has 0 saturated heterocycles. The Balaban J connectivity index is 2.02. The van der Waals surface area contributed by atoms with Crippen molar-refractivity contribution in [3.05, 3.63) is 45.8 Å². The summed E-state index contributed by atoms with van der Waals surface area (Å²) < 4.78 is 16.9. The van der Waals surface area contributed by atoms with Gasteiger partial charge in [0.1, 0.15) is 10.8 Å². The summed E-state index contributed by atoms with van der Waals surface area (Å²) in [7, 11) is 1.58. The molecule has 7 heteroatoms. The van der Waals surface area contributed by atoms with Gasteiger partial charge in [0.25, 0.3) is 5.91 Å². The molecule has 2 heterocycles. The highest BCUT2D eigenvalue weighted by molar-refractivity contribution is 7.17. The minimum Gasteiger partial charge on any atom is -0.497 e. The first kappa shape index (κ1) is 23.3. The van der Waals surface area contributed by atoms with E-state index in [0.29, 0.717) is 34.2 Å². The van der Waals surface area contributed by atoms with Gasteiger partial charge < -0.3 is 19.5 Å². The molecular weight excluding hydrogens is 414 g/mol. The summed E-state index contributed by atoms with van der Waals surface area (Å²) in [5.41, 5.74) is 1.89. The molecule has 6 nitrogen and oxygen atoms in total. The summed E-state index contributed by atoms with van der Waals surface area (Å²) in [4.78, 5) is 26.8. The third-order valence-corrected chi connectivity index (χ3v) is 6.64. The number of hydrogen-bond acceptors (Lipinski definition) is 6. The molecule has 1 amide bonds. The van der Waals surface area contributed by atoms with Gasteiger partial charge in [0.15, 0.2) is 0 Å². The van der Waals surface area contributed by atoms with Crippen molar-refractivity contribution in [1.29, 1.82) is 0 Å². The number of carbonyl (C=O) groups is 2.